The van der Waals surface area contributed by atoms with Crippen LogP contribution in [0.2, 0.25) is 0 Å². The molecule has 0 saturated carbocycles. The largest absolute Gasteiger partial charge is 0.407 e. The van der Waals surface area contributed by atoms with Crippen molar-refractivity contribution in [2.75, 3.05) is 106 Å². The Morgan fingerprint density at radius 1 is 0.582 bits per heavy atom. The number of nitrogens with zero attached hydrogens (tertiary/aromatic N) is 4. The molecular formula is C53H99N4O9S+. The van der Waals surface area contributed by atoms with Crippen LogP contribution < -0.4 is 4.57 Å². The van der Waals surface area contributed by atoms with Crippen molar-refractivity contribution in [3.05, 3.63) is 35.9 Å². The first-order valence-corrected chi connectivity index (χ1v) is 27.6. The summed E-state index contributed by atoms with van der Waals surface area (Å²) < 4.78 is 44.8. The van der Waals surface area contributed by atoms with Crippen molar-refractivity contribution < 1.29 is 47.9 Å². The van der Waals surface area contributed by atoms with E-state index in [0.717, 1.165) is 18.0 Å². The van der Waals surface area contributed by atoms with Crippen LogP contribution in [0.5, 0.6) is 0 Å². The van der Waals surface area contributed by atoms with Gasteiger partial charge in [0.05, 0.1) is 109 Å². The average molecular weight is 968 g/mol. The van der Waals surface area contributed by atoms with Gasteiger partial charge in [-0.05, 0) is 31.1 Å². The Bertz CT molecular complexity index is 1320. The Morgan fingerprint density at radius 2 is 1.01 bits per heavy atom. The summed E-state index contributed by atoms with van der Waals surface area (Å²) in [6, 6.07) is -0.287. The molecule has 13 nitrogen and oxygen atoms in total. The zero-order chi connectivity index (χ0) is 48.1. The van der Waals surface area contributed by atoms with E-state index in [1.165, 1.54) is 128 Å². The van der Waals surface area contributed by atoms with Gasteiger partial charge in [0.25, 0.3) is 0 Å². The van der Waals surface area contributed by atoms with Gasteiger partial charge in [-0.25, -0.2) is 4.57 Å². The molecule has 4 atom stereocenters. The summed E-state index contributed by atoms with van der Waals surface area (Å²) >= 11 is 1.56. The highest BCUT2D eigenvalue weighted by Crippen LogP contribution is 2.31. The van der Waals surface area contributed by atoms with Crippen LogP contribution in [0, 0.1) is 0 Å². The van der Waals surface area contributed by atoms with Crippen LogP contribution in [0.15, 0.2) is 46.1 Å². The fourth-order valence-corrected chi connectivity index (χ4v) is 8.92. The topological polar surface area (TPSA) is 137 Å². The molecule has 0 bridgehead atoms. The lowest BCUT2D eigenvalue weighted by Gasteiger charge is -2.44. The molecule has 0 spiro atoms. The summed E-state index contributed by atoms with van der Waals surface area (Å²) in [6.07, 6.45) is 38.3. The number of hydrogen-bond acceptors (Lipinski definition) is 13. The molecule has 1 aromatic rings. The molecule has 14 heteroatoms. The molecule has 1 aromatic heterocycles. The summed E-state index contributed by atoms with van der Waals surface area (Å²) in [5, 5.41) is 30.9. The Kier molecular flexibility index (Phi) is 40.6. The highest BCUT2D eigenvalue weighted by molar-refractivity contribution is 7.12. The van der Waals surface area contributed by atoms with E-state index in [0.29, 0.717) is 85.8 Å². The van der Waals surface area contributed by atoms with E-state index >= 15 is 0 Å². The van der Waals surface area contributed by atoms with Gasteiger partial charge in [-0.3, -0.25) is 4.90 Å². The SMILES string of the molecule is CCCCCCCCCCCCCOCC(CN(CC(COCCCCCCCCCCCCC)OCCOCCOCCO)C1(C)C=CC=CC1N=Nc1scc[n+]1C)OCCOCCO. The van der Waals surface area contributed by atoms with E-state index in [1.54, 1.807) is 11.3 Å². The van der Waals surface area contributed by atoms with E-state index in [9.17, 15) is 5.11 Å². The molecule has 67 heavy (non-hydrogen) atoms. The number of unbranched alkanes of at least 4 members (excludes halogenated alkanes) is 20. The fraction of sp³-hybridized carbons (Fsp3) is 0.868. The van der Waals surface area contributed by atoms with Crippen LogP contribution in [0.25, 0.3) is 0 Å². The molecule has 0 aromatic carbocycles. The third-order valence-electron chi connectivity index (χ3n) is 12.4. The van der Waals surface area contributed by atoms with Crippen molar-refractivity contribution in [2.45, 2.75) is 186 Å². The van der Waals surface area contributed by atoms with Crippen LogP contribution in [0.4, 0.5) is 5.13 Å². The number of ether oxygens (including phenoxy) is 7. The van der Waals surface area contributed by atoms with E-state index < -0.39 is 5.54 Å². The van der Waals surface area contributed by atoms with Crippen molar-refractivity contribution in [1.82, 2.24) is 4.90 Å². The van der Waals surface area contributed by atoms with Gasteiger partial charge in [0.15, 0.2) is 0 Å². The lowest BCUT2D eigenvalue weighted by molar-refractivity contribution is -0.654. The first kappa shape index (κ1) is 61.4. The van der Waals surface area contributed by atoms with Crippen molar-refractivity contribution in [1.29, 1.82) is 0 Å². The van der Waals surface area contributed by atoms with Crippen molar-refractivity contribution >= 4 is 16.5 Å². The predicted molar refractivity (Wildman–Crippen MR) is 273 cm³/mol. The first-order valence-electron chi connectivity index (χ1n) is 26.8. The zero-order valence-corrected chi connectivity index (χ0v) is 43.8. The van der Waals surface area contributed by atoms with Gasteiger partial charge in [-0.15, -0.1) is 0 Å². The molecule has 390 valence electrons. The maximum absolute atomic E-state index is 9.32. The Balaban J connectivity index is 2.18. The van der Waals surface area contributed by atoms with Crippen molar-refractivity contribution in [2.24, 2.45) is 17.3 Å². The molecule has 2 rings (SSSR count). The smallest absolute Gasteiger partial charge is 0.394 e. The lowest BCUT2D eigenvalue weighted by Crippen LogP contribution is -2.58. The third-order valence-corrected chi connectivity index (χ3v) is 13.2. The molecule has 0 fully saturated rings. The number of aliphatic hydroxyl groups is 2. The highest BCUT2D eigenvalue weighted by atomic mass is 32.1. The monoisotopic (exact) mass is 968 g/mol. The minimum atomic E-state index is -0.586. The molecule has 0 saturated heterocycles. The second kappa shape index (κ2) is 44.3. The van der Waals surface area contributed by atoms with E-state index in [2.05, 4.69) is 43.9 Å². The quantitative estimate of drug-likeness (QED) is 0.0369. The fourth-order valence-electron chi connectivity index (χ4n) is 8.23. The summed E-state index contributed by atoms with van der Waals surface area (Å²) in [7, 11) is 1.99. The molecular weight excluding hydrogens is 869 g/mol. The number of thiazole rings is 1. The summed E-state index contributed by atoms with van der Waals surface area (Å²) in [5.41, 5.74) is -0.586. The average Bonchev–Trinajstić information content (AvgIpc) is 3.75. The van der Waals surface area contributed by atoms with E-state index in [-0.39, 0.29) is 38.1 Å². The normalized spacial score (nSPS) is 17.1. The lowest BCUT2D eigenvalue weighted by atomic mass is 9.86. The molecule has 1 heterocycles. The van der Waals surface area contributed by atoms with Crippen LogP contribution in [-0.2, 0) is 40.2 Å². The van der Waals surface area contributed by atoms with Gasteiger partial charge in [-0.1, -0.05) is 172 Å². The maximum Gasteiger partial charge on any atom is 0.407 e. The van der Waals surface area contributed by atoms with E-state index in [4.69, 9.17) is 48.5 Å². The van der Waals surface area contributed by atoms with Crippen LogP contribution in [0.3, 0.4) is 0 Å². The van der Waals surface area contributed by atoms with Gasteiger partial charge in [0.2, 0.25) is 0 Å². The molecule has 0 radical (unpaired) electrons. The number of aromatic nitrogens is 1. The van der Waals surface area contributed by atoms with Crippen molar-refractivity contribution in [3.8, 4) is 0 Å². The predicted octanol–water partition coefficient (Wildman–Crippen LogP) is 10.7. The molecule has 0 aliphatic heterocycles. The molecule has 0 amide bonds. The van der Waals surface area contributed by atoms with Crippen LogP contribution >= 0.6 is 11.3 Å². The number of aryl methyl sites for hydroxylation is 1. The molecule has 2 N–H and O–H groups in total. The molecule has 1 aliphatic carbocycles. The second-order valence-corrected chi connectivity index (χ2v) is 19.2. The number of rotatable bonds is 50. The summed E-state index contributed by atoms with van der Waals surface area (Å²) in [6.45, 7) is 13.1. The zero-order valence-electron chi connectivity index (χ0n) is 43.0. The van der Waals surface area contributed by atoms with Gasteiger partial charge >= 0.3 is 5.13 Å². The van der Waals surface area contributed by atoms with Crippen molar-refractivity contribution in [3.63, 3.8) is 0 Å². The van der Waals surface area contributed by atoms with Crippen LogP contribution in [0.1, 0.15) is 162 Å². The first-order chi connectivity index (χ1) is 33.0. The Hall–Kier alpha value is -1.69. The second-order valence-electron chi connectivity index (χ2n) is 18.3. The minimum absolute atomic E-state index is 0.00579. The maximum atomic E-state index is 9.32. The number of aliphatic hydroxyl groups excluding tert-OH is 2. The third kappa shape index (κ3) is 32.0. The Labute approximate surface area is 412 Å². The number of hydrogen-bond donors (Lipinski definition) is 2. The molecule has 4 unspecified atom stereocenters. The molecule has 1 aliphatic rings. The van der Waals surface area contributed by atoms with Crippen LogP contribution in [-0.4, -0.2) is 144 Å². The van der Waals surface area contributed by atoms with Gasteiger partial charge in [0, 0.05) is 31.7 Å². The van der Waals surface area contributed by atoms with Gasteiger partial charge in [0.1, 0.15) is 12.2 Å². The standard InChI is InChI=1S/C53H99N4O9S/c1-5-7-9-11-13-15-17-19-21-23-27-34-63-47-49(65-42-40-61-37-33-59)45-57(53(3)30-26-25-29-51(53)54-55-52-56(4)31-44-67-52)46-50(66-43-41-62-39-38-60-36-32-58)48-64-35-28-24-22-20-18-16-14-12-10-8-6-2/h25-26,29-31,44,49-51,58-59H,5-24,27-28,32-43,45-48H2,1-4H3/q+1. The summed E-state index contributed by atoms with van der Waals surface area (Å²) in [5.74, 6) is 0. The van der Waals surface area contributed by atoms with Gasteiger partial charge in [-0.2, -0.15) is 0 Å². The van der Waals surface area contributed by atoms with Gasteiger partial charge < -0.3 is 43.4 Å². The Morgan fingerprint density at radius 3 is 1.45 bits per heavy atom. The summed E-state index contributed by atoms with van der Waals surface area (Å²) in [4.78, 5) is 2.41. The number of azo groups is 1. The number of allylic oxidation sites excluding steroid dienone is 2. The van der Waals surface area contributed by atoms with E-state index in [1.807, 2.05) is 29.3 Å². The minimum Gasteiger partial charge on any atom is -0.394 e. The highest BCUT2D eigenvalue weighted by Gasteiger charge is 2.41.